The fourth-order valence-corrected chi connectivity index (χ4v) is 3.45. The standard InChI is InChI=1S/C20H17FN4O3S/c1-11-4-5-12(2)16(6-11)27-9-18-24-25-20(28-18)29-19-13-7-17(26-3)14(21)8-15(13)22-10-23-19/h4-8,10H,9H2,1-3H3. The highest BCUT2D eigenvalue weighted by Gasteiger charge is 2.15. The summed E-state index contributed by atoms with van der Waals surface area (Å²) >= 11 is 1.17. The van der Waals surface area contributed by atoms with Crippen LogP contribution in [0.5, 0.6) is 11.5 Å². The average Bonchev–Trinajstić information content (AvgIpc) is 3.15. The number of halogens is 1. The van der Waals surface area contributed by atoms with Crippen molar-refractivity contribution in [1.29, 1.82) is 0 Å². The molecule has 0 N–H and O–H groups in total. The van der Waals surface area contributed by atoms with Crippen molar-refractivity contribution in [2.24, 2.45) is 0 Å². The highest BCUT2D eigenvalue weighted by Crippen LogP contribution is 2.33. The molecule has 0 aliphatic carbocycles. The van der Waals surface area contributed by atoms with Crippen LogP contribution in [0.1, 0.15) is 17.0 Å². The van der Waals surface area contributed by atoms with Gasteiger partial charge in [0.05, 0.1) is 12.6 Å². The van der Waals surface area contributed by atoms with Crippen molar-refractivity contribution in [2.75, 3.05) is 7.11 Å². The molecular weight excluding hydrogens is 395 g/mol. The zero-order chi connectivity index (χ0) is 20.4. The number of methoxy groups -OCH3 is 1. The monoisotopic (exact) mass is 412 g/mol. The van der Waals surface area contributed by atoms with Crippen molar-refractivity contribution in [2.45, 2.75) is 30.7 Å². The zero-order valence-electron chi connectivity index (χ0n) is 16.0. The van der Waals surface area contributed by atoms with Crippen molar-refractivity contribution in [3.63, 3.8) is 0 Å². The van der Waals surface area contributed by atoms with E-state index in [1.807, 2.05) is 32.0 Å². The van der Waals surface area contributed by atoms with E-state index in [-0.39, 0.29) is 12.4 Å². The number of aromatic nitrogens is 4. The van der Waals surface area contributed by atoms with E-state index in [0.29, 0.717) is 27.0 Å². The molecule has 4 rings (SSSR count). The predicted octanol–water partition coefficient (Wildman–Crippen LogP) is 4.51. The van der Waals surface area contributed by atoms with Crippen LogP contribution in [0, 0.1) is 19.7 Å². The first kappa shape index (κ1) is 19.1. The van der Waals surface area contributed by atoms with Gasteiger partial charge in [0.15, 0.2) is 18.2 Å². The third kappa shape index (κ3) is 4.14. The molecule has 0 radical (unpaired) electrons. The molecule has 0 aliphatic heterocycles. The second-order valence-electron chi connectivity index (χ2n) is 6.30. The van der Waals surface area contributed by atoms with Crippen LogP contribution in [0.2, 0.25) is 0 Å². The molecular formula is C20H17FN4O3S. The normalized spacial score (nSPS) is 11.0. The highest BCUT2D eigenvalue weighted by molar-refractivity contribution is 7.99. The Hall–Kier alpha value is -3.20. The number of ether oxygens (including phenoxy) is 2. The van der Waals surface area contributed by atoms with Crippen LogP contribution in [0.15, 0.2) is 51.3 Å². The number of hydrogen-bond acceptors (Lipinski definition) is 8. The van der Waals surface area contributed by atoms with Gasteiger partial charge in [-0.05, 0) is 48.9 Å². The number of rotatable bonds is 6. The molecule has 0 fully saturated rings. The van der Waals surface area contributed by atoms with Gasteiger partial charge in [-0.25, -0.2) is 14.4 Å². The van der Waals surface area contributed by atoms with E-state index in [9.17, 15) is 4.39 Å². The molecule has 29 heavy (non-hydrogen) atoms. The van der Waals surface area contributed by atoms with Gasteiger partial charge in [0, 0.05) is 11.5 Å². The number of aryl methyl sites for hydroxylation is 2. The molecule has 0 amide bonds. The van der Waals surface area contributed by atoms with Gasteiger partial charge in [-0.3, -0.25) is 0 Å². The van der Waals surface area contributed by atoms with Crippen LogP contribution >= 0.6 is 11.8 Å². The summed E-state index contributed by atoms with van der Waals surface area (Å²) in [6.07, 6.45) is 1.36. The summed E-state index contributed by atoms with van der Waals surface area (Å²) in [7, 11) is 1.40. The summed E-state index contributed by atoms with van der Waals surface area (Å²) in [4.78, 5) is 8.34. The maximum atomic E-state index is 13.9. The Morgan fingerprint density at radius 2 is 1.93 bits per heavy atom. The summed E-state index contributed by atoms with van der Waals surface area (Å²) in [5, 5.41) is 9.53. The van der Waals surface area contributed by atoms with E-state index < -0.39 is 5.82 Å². The molecule has 7 nitrogen and oxygen atoms in total. The molecule has 148 valence electrons. The Balaban J connectivity index is 1.53. The average molecular weight is 412 g/mol. The summed E-state index contributed by atoms with van der Waals surface area (Å²) in [5.41, 5.74) is 2.59. The molecule has 0 atom stereocenters. The Morgan fingerprint density at radius 3 is 2.76 bits per heavy atom. The number of fused-ring (bicyclic) bond motifs is 1. The molecule has 0 saturated carbocycles. The molecule has 0 saturated heterocycles. The van der Waals surface area contributed by atoms with Gasteiger partial charge in [-0.1, -0.05) is 12.1 Å². The zero-order valence-corrected chi connectivity index (χ0v) is 16.8. The molecule has 9 heteroatoms. The van der Waals surface area contributed by atoms with Crippen molar-refractivity contribution >= 4 is 22.7 Å². The van der Waals surface area contributed by atoms with Crippen LogP contribution in [0.25, 0.3) is 10.9 Å². The van der Waals surface area contributed by atoms with E-state index in [1.54, 1.807) is 6.07 Å². The molecule has 0 unspecified atom stereocenters. The fraction of sp³-hybridized carbons (Fsp3) is 0.200. The third-order valence-corrected chi connectivity index (χ3v) is 5.06. The van der Waals surface area contributed by atoms with Gasteiger partial charge in [-0.15, -0.1) is 10.2 Å². The molecule has 4 aromatic rings. The molecule has 0 bridgehead atoms. The van der Waals surface area contributed by atoms with Crippen molar-refractivity contribution in [3.05, 3.63) is 59.5 Å². The van der Waals surface area contributed by atoms with E-state index in [0.717, 1.165) is 16.9 Å². The van der Waals surface area contributed by atoms with Gasteiger partial charge < -0.3 is 13.9 Å². The minimum atomic E-state index is -0.488. The third-order valence-electron chi connectivity index (χ3n) is 4.20. The molecule has 2 aromatic heterocycles. The molecule has 2 aromatic carbocycles. The van der Waals surface area contributed by atoms with Crippen molar-refractivity contribution in [1.82, 2.24) is 20.2 Å². The van der Waals surface area contributed by atoms with E-state index in [2.05, 4.69) is 20.2 Å². The van der Waals surface area contributed by atoms with Gasteiger partial charge in [0.25, 0.3) is 11.1 Å². The lowest BCUT2D eigenvalue weighted by molar-refractivity contribution is 0.250. The maximum absolute atomic E-state index is 13.9. The first-order valence-electron chi connectivity index (χ1n) is 8.72. The van der Waals surface area contributed by atoms with Crippen LogP contribution in [0.4, 0.5) is 4.39 Å². The Morgan fingerprint density at radius 1 is 1.07 bits per heavy atom. The predicted molar refractivity (Wildman–Crippen MR) is 105 cm³/mol. The molecule has 0 spiro atoms. The lowest BCUT2D eigenvalue weighted by Gasteiger charge is -2.07. The number of nitrogens with zero attached hydrogens (tertiary/aromatic N) is 4. The molecule has 0 aliphatic rings. The van der Waals surface area contributed by atoms with Gasteiger partial charge >= 0.3 is 0 Å². The van der Waals surface area contributed by atoms with Crippen molar-refractivity contribution < 1.29 is 18.3 Å². The Kier molecular flexibility index (Phi) is 5.30. The van der Waals surface area contributed by atoms with Crippen LogP contribution < -0.4 is 9.47 Å². The lowest BCUT2D eigenvalue weighted by atomic mass is 10.1. The maximum Gasteiger partial charge on any atom is 0.283 e. The van der Waals surface area contributed by atoms with E-state index >= 15 is 0 Å². The SMILES string of the molecule is COc1cc2c(Sc3nnc(COc4cc(C)ccc4C)o3)ncnc2cc1F. The summed E-state index contributed by atoms with van der Waals surface area (Å²) < 4.78 is 30.4. The minimum absolute atomic E-state index is 0.113. The minimum Gasteiger partial charge on any atom is -0.494 e. The largest absolute Gasteiger partial charge is 0.494 e. The smallest absolute Gasteiger partial charge is 0.283 e. The van der Waals surface area contributed by atoms with Crippen molar-refractivity contribution in [3.8, 4) is 11.5 Å². The fourth-order valence-electron chi connectivity index (χ4n) is 2.69. The van der Waals surface area contributed by atoms with Gasteiger partial charge in [-0.2, -0.15) is 0 Å². The van der Waals surface area contributed by atoms with Gasteiger partial charge in [0.2, 0.25) is 0 Å². The van der Waals surface area contributed by atoms with Gasteiger partial charge in [0.1, 0.15) is 17.1 Å². The van der Waals surface area contributed by atoms with E-state index in [1.165, 1.54) is 31.3 Å². The first-order valence-corrected chi connectivity index (χ1v) is 9.53. The Bertz CT molecular complexity index is 1180. The Labute approximate surface area is 170 Å². The number of benzene rings is 2. The summed E-state index contributed by atoms with van der Waals surface area (Å²) in [6, 6.07) is 8.83. The van der Waals surface area contributed by atoms with Crippen LogP contribution in [0.3, 0.4) is 0 Å². The quantitative estimate of drug-likeness (QED) is 0.428. The van der Waals surface area contributed by atoms with Crippen LogP contribution in [-0.2, 0) is 6.61 Å². The second-order valence-corrected chi connectivity index (χ2v) is 7.24. The topological polar surface area (TPSA) is 83.2 Å². The second kappa shape index (κ2) is 8.04. The van der Waals surface area contributed by atoms with Crippen LogP contribution in [-0.4, -0.2) is 27.3 Å². The highest BCUT2D eigenvalue weighted by atomic mass is 32.2. The number of hydrogen-bond donors (Lipinski definition) is 0. The summed E-state index contributed by atoms with van der Waals surface area (Å²) in [6.45, 7) is 4.13. The summed E-state index contributed by atoms with van der Waals surface area (Å²) in [5.74, 6) is 0.740. The molecule has 2 heterocycles. The first-order chi connectivity index (χ1) is 14.0. The van der Waals surface area contributed by atoms with E-state index in [4.69, 9.17) is 13.9 Å². The lowest BCUT2D eigenvalue weighted by Crippen LogP contribution is -1.97.